The number of thiophene rings is 2. The summed E-state index contributed by atoms with van der Waals surface area (Å²) in [4.78, 5) is 45.6. The van der Waals surface area contributed by atoms with E-state index in [2.05, 4.69) is 31.1 Å². The van der Waals surface area contributed by atoms with Crippen molar-refractivity contribution < 1.29 is 9.59 Å². The number of hydrogen-bond donors (Lipinski definition) is 2. The molecule has 3 N–H and O–H groups in total. The van der Waals surface area contributed by atoms with Crippen LogP contribution in [0.15, 0.2) is 47.5 Å². The third-order valence-electron chi connectivity index (χ3n) is 6.88. The lowest BCUT2D eigenvalue weighted by Gasteiger charge is -2.33. The summed E-state index contributed by atoms with van der Waals surface area (Å²) in [5, 5.41) is 3.79. The molecule has 1 aliphatic rings. The van der Waals surface area contributed by atoms with Crippen molar-refractivity contribution in [3.8, 4) is 10.4 Å². The number of aryl methyl sites for hydroxylation is 1. The molecule has 5 rings (SSSR count). The van der Waals surface area contributed by atoms with Crippen molar-refractivity contribution in [2.24, 2.45) is 17.1 Å². The first-order valence-electron chi connectivity index (χ1n) is 11.9. The normalized spacial score (nSPS) is 15.6. The van der Waals surface area contributed by atoms with Crippen LogP contribution in [0.3, 0.4) is 0 Å². The minimum absolute atomic E-state index is 0.201. The van der Waals surface area contributed by atoms with Crippen LogP contribution in [0.1, 0.15) is 48.0 Å². The summed E-state index contributed by atoms with van der Waals surface area (Å²) in [7, 11) is 0. The van der Waals surface area contributed by atoms with Gasteiger partial charge in [0.05, 0.1) is 17.3 Å². The second-order valence-corrected chi connectivity index (χ2v) is 12.4. The molecule has 1 aliphatic carbocycles. The van der Waals surface area contributed by atoms with Crippen LogP contribution in [-0.4, -0.2) is 21.4 Å². The van der Waals surface area contributed by atoms with Crippen molar-refractivity contribution in [3.05, 3.63) is 69.1 Å². The van der Waals surface area contributed by atoms with E-state index < -0.39 is 11.8 Å². The summed E-state index contributed by atoms with van der Waals surface area (Å²) in [6.45, 7) is 6.59. The van der Waals surface area contributed by atoms with Crippen molar-refractivity contribution in [1.82, 2.24) is 9.55 Å². The molecule has 0 bridgehead atoms. The van der Waals surface area contributed by atoms with Crippen molar-refractivity contribution in [1.29, 1.82) is 0 Å². The molecule has 0 saturated heterocycles. The monoisotopic (exact) mass is 520 g/mol. The standard InChI is InChI=1S/C27H28N4O3S2/c1-27(2,3)16-9-10-17-20(11-16)36-25-22(17)26(34)31(14-29-25)13-21(32)30-24-18(23(28)33)12-19(35-24)15-7-5-4-6-8-15/h4-8,12,14,16H,9-11,13H2,1-3H3,(H2,28,33)(H,30,32). The van der Waals surface area contributed by atoms with Crippen LogP contribution in [0.2, 0.25) is 0 Å². The summed E-state index contributed by atoms with van der Waals surface area (Å²) >= 11 is 2.87. The third kappa shape index (κ3) is 4.60. The average Bonchev–Trinajstić information content (AvgIpc) is 3.42. The lowest BCUT2D eigenvalue weighted by Crippen LogP contribution is -2.29. The molecular weight excluding hydrogens is 492 g/mol. The first-order valence-corrected chi connectivity index (χ1v) is 13.5. The Balaban J connectivity index is 1.40. The summed E-state index contributed by atoms with van der Waals surface area (Å²) < 4.78 is 1.34. The highest BCUT2D eigenvalue weighted by Crippen LogP contribution is 2.42. The van der Waals surface area contributed by atoms with Crippen molar-refractivity contribution in [3.63, 3.8) is 0 Å². The van der Waals surface area contributed by atoms with E-state index in [0.717, 1.165) is 40.1 Å². The molecule has 9 heteroatoms. The quantitative estimate of drug-likeness (QED) is 0.383. The zero-order valence-electron chi connectivity index (χ0n) is 20.5. The van der Waals surface area contributed by atoms with Crippen molar-refractivity contribution in [2.75, 3.05) is 5.32 Å². The molecule has 186 valence electrons. The maximum absolute atomic E-state index is 13.4. The molecule has 0 saturated carbocycles. The number of primary amides is 1. The molecular formula is C27H28N4O3S2. The minimum Gasteiger partial charge on any atom is -0.366 e. The Morgan fingerprint density at radius 1 is 1.19 bits per heavy atom. The number of nitrogens with one attached hydrogen (secondary N) is 1. The lowest BCUT2D eigenvalue weighted by atomic mass is 9.72. The molecule has 4 aromatic rings. The van der Waals surface area contributed by atoms with Crippen LogP contribution in [-0.2, 0) is 24.2 Å². The second-order valence-electron chi connectivity index (χ2n) is 10.3. The zero-order valence-corrected chi connectivity index (χ0v) is 22.1. The number of hydrogen-bond acceptors (Lipinski definition) is 6. The van der Waals surface area contributed by atoms with Crippen LogP contribution in [0.25, 0.3) is 20.7 Å². The van der Waals surface area contributed by atoms with Gasteiger partial charge < -0.3 is 11.1 Å². The molecule has 2 amide bonds. The van der Waals surface area contributed by atoms with E-state index in [4.69, 9.17) is 5.73 Å². The number of carbonyl (C=O) groups is 2. The Morgan fingerprint density at radius 3 is 2.64 bits per heavy atom. The number of nitrogens with two attached hydrogens (primary N) is 1. The summed E-state index contributed by atoms with van der Waals surface area (Å²) in [6, 6.07) is 11.2. The first-order chi connectivity index (χ1) is 17.1. The zero-order chi connectivity index (χ0) is 25.6. The Labute approximate surface area is 217 Å². The highest BCUT2D eigenvalue weighted by molar-refractivity contribution is 7.20. The Hall–Kier alpha value is -3.30. The van der Waals surface area contributed by atoms with Crippen LogP contribution >= 0.6 is 22.7 Å². The molecule has 1 unspecified atom stereocenters. The number of fused-ring (bicyclic) bond motifs is 3. The molecule has 1 aromatic carbocycles. The van der Waals surface area contributed by atoms with E-state index in [-0.39, 0.29) is 23.1 Å². The summed E-state index contributed by atoms with van der Waals surface area (Å²) in [5.41, 5.74) is 7.83. The maximum atomic E-state index is 13.4. The van der Waals surface area contributed by atoms with E-state index in [1.807, 2.05) is 30.3 Å². The Morgan fingerprint density at radius 2 is 1.94 bits per heavy atom. The van der Waals surface area contributed by atoms with E-state index in [0.29, 0.717) is 16.3 Å². The van der Waals surface area contributed by atoms with Gasteiger partial charge in [0.1, 0.15) is 16.4 Å². The predicted molar refractivity (Wildman–Crippen MR) is 146 cm³/mol. The average molecular weight is 521 g/mol. The fourth-order valence-corrected chi connectivity index (χ4v) is 7.13. The molecule has 0 radical (unpaired) electrons. The fourth-order valence-electron chi connectivity index (χ4n) is 4.79. The van der Waals surface area contributed by atoms with Crippen molar-refractivity contribution in [2.45, 2.75) is 46.6 Å². The van der Waals surface area contributed by atoms with Gasteiger partial charge in [0.15, 0.2) is 0 Å². The highest BCUT2D eigenvalue weighted by atomic mass is 32.1. The fraction of sp³-hybridized carbons (Fsp3) is 0.333. The number of amides is 2. The molecule has 3 heterocycles. The van der Waals surface area contributed by atoms with Crippen LogP contribution in [0.5, 0.6) is 0 Å². The van der Waals surface area contributed by atoms with Gasteiger partial charge in [0.25, 0.3) is 11.5 Å². The molecule has 3 aromatic heterocycles. The van der Waals surface area contributed by atoms with E-state index in [1.54, 1.807) is 17.4 Å². The van der Waals surface area contributed by atoms with Gasteiger partial charge in [0.2, 0.25) is 5.91 Å². The van der Waals surface area contributed by atoms with Crippen LogP contribution < -0.4 is 16.6 Å². The molecule has 36 heavy (non-hydrogen) atoms. The van der Waals surface area contributed by atoms with Gasteiger partial charge in [0, 0.05) is 9.75 Å². The molecule has 1 atom stereocenters. The van der Waals surface area contributed by atoms with Crippen molar-refractivity contribution >= 4 is 49.7 Å². The Kier molecular flexibility index (Phi) is 6.30. The van der Waals surface area contributed by atoms with Gasteiger partial charge in [-0.15, -0.1) is 22.7 Å². The number of nitrogens with zero attached hydrogens (tertiary/aromatic N) is 2. The van der Waals surface area contributed by atoms with Gasteiger partial charge in [-0.1, -0.05) is 51.1 Å². The van der Waals surface area contributed by atoms with E-state index >= 15 is 0 Å². The highest BCUT2D eigenvalue weighted by Gasteiger charge is 2.31. The van der Waals surface area contributed by atoms with Gasteiger partial charge in [-0.25, -0.2) is 4.98 Å². The number of carbonyl (C=O) groups excluding carboxylic acids is 2. The minimum atomic E-state index is -0.623. The van der Waals surface area contributed by atoms with Gasteiger partial charge in [-0.2, -0.15) is 0 Å². The smallest absolute Gasteiger partial charge is 0.262 e. The lowest BCUT2D eigenvalue weighted by molar-refractivity contribution is -0.116. The predicted octanol–water partition coefficient (Wildman–Crippen LogP) is 5.08. The molecule has 0 fully saturated rings. The van der Waals surface area contributed by atoms with E-state index in [9.17, 15) is 14.4 Å². The molecule has 0 spiro atoms. The number of benzene rings is 1. The van der Waals surface area contributed by atoms with Crippen LogP contribution in [0, 0.1) is 11.3 Å². The maximum Gasteiger partial charge on any atom is 0.262 e. The van der Waals surface area contributed by atoms with Crippen LogP contribution in [0.4, 0.5) is 5.00 Å². The molecule has 7 nitrogen and oxygen atoms in total. The number of rotatable bonds is 5. The first kappa shape index (κ1) is 24.4. The van der Waals surface area contributed by atoms with Gasteiger partial charge in [-0.3, -0.25) is 19.0 Å². The second kappa shape index (κ2) is 9.29. The third-order valence-corrected chi connectivity index (χ3v) is 9.15. The number of aromatic nitrogens is 2. The summed E-state index contributed by atoms with van der Waals surface area (Å²) in [5.74, 6) is -0.473. The Bertz CT molecular complexity index is 1530. The van der Waals surface area contributed by atoms with Gasteiger partial charge in [-0.05, 0) is 47.8 Å². The van der Waals surface area contributed by atoms with E-state index in [1.165, 1.54) is 27.1 Å². The number of anilines is 1. The van der Waals surface area contributed by atoms with Gasteiger partial charge >= 0.3 is 0 Å². The SMILES string of the molecule is CC(C)(C)C1CCc2c(sc3ncn(CC(=O)Nc4sc(-c5ccccc5)cc4C(N)=O)c(=O)c23)C1. The topological polar surface area (TPSA) is 107 Å². The summed E-state index contributed by atoms with van der Waals surface area (Å²) in [6.07, 6.45) is 4.28. The molecule has 0 aliphatic heterocycles. The largest absolute Gasteiger partial charge is 0.366 e.